The molecule has 0 saturated carbocycles. The van der Waals surface area contributed by atoms with Crippen molar-refractivity contribution < 1.29 is 4.79 Å². The Morgan fingerprint density at radius 3 is 2.47 bits per heavy atom. The van der Waals surface area contributed by atoms with Crippen molar-refractivity contribution in [1.82, 2.24) is 10.3 Å². The largest absolute Gasteiger partial charge is 0.378 e. The monoisotopic (exact) mass is 401 g/mol. The minimum absolute atomic E-state index is 0.0913. The Bertz CT molecular complexity index is 879. The topological polar surface area (TPSA) is 54.0 Å². The Morgan fingerprint density at radius 2 is 1.77 bits per heavy atom. The molecule has 4 heteroatoms. The predicted molar refractivity (Wildman–Crippen MR) is 124 cm³/mol. The molecule has 1 amide bonds. The fourth-order valence-electron chi connectivity index (χ4n) is 3.48. The highest BCUT2D eigenvalue weighted by atomic mass is 16.1. The van der Waals surface area contributed by atoms with Gasteiger partial charge in [-0.25, -0.2) is 0 Å². The van der Waals surface area contributed by atoms with Crippen molar-refractivity contribution >= 4 is 11.6 Å². The fraction of sp³-hybridized carbons (Fsp3) is 0.308. The molecule has 0 radical (unpaired) electrons. The smallest absolute Gasteiger partial charge is 0.252 e. The Labute approximate surface area is 179 Å². The van der Waals surface area contributed by atoms with Crippen molar-refractivity contribution in [3.8, 4) is 0 Å². The molecule has 0 aliphatic heterocycles. The van der Waals surface area contributed by atoms with E-state index in [1.54, 1.807) is 24.5 Å². The lowest BCUT2D eigenvalue weighted by molar-refractivity contribution is 0.0952. The van der Waals surface area contributed by atoms with Gasteiger partial charge in [-0.2, -0.15) is 0 Å². The van der Waals surface area contributed by atoms with Gasteiger partial charge in [0.15, 0.2) is 0 Å². The summed E-state index contributed by atoms with van der Waals surface area (Å²) < 4.78 is 0. The molecule has 3 rings (SSSR count). The zero-order valence-corrected chi connectivity index (χ0v) is 17.7. The number of hydrogen-bond donors (Lipinski definition) is 2. The Hall–Kier alpha value is -3.14. The Balaban J connectivity index is 1.60. The van der Waals surface area contributed by atoms with Crippen LogP contribution in [-0.2, 0) is 6.42 Å². The molecule has 3 aromatic rings. The number of nitrogens with zero attached hydrogens (tertiary/aromatic N) is 1. The molecule has 0 fully saturated rings. The number of benzene rings is 2. The molecule has 30 heavy (non-hydrogen) atoms. The van der Waals surface area contributed by atoms with Crippen LogP contribution in [0.4, 0.5) is 5.69 Å². The summed E-state index contributed by atoms with van der Waals surface area (Å²) in [4.78, 5) is 16.3. The highest BCUT2D eigenvalue weighted by Crippen LogP contribution is 2.23. The number of hydrogen-bond acceptors (Lipinski definition) is 3. The van der Waals surface area contributed by atoms with Gasteiger partial charge in [-0.05, 0) is 54.7 Å². The first-order valence-electron chi connectivity index (χ1n) is 10.8. The van der Waals surface area contributed by atoms with Gasteiger partial charge in [0, 0.05) is 24.6 Å². The summed E-state index contributed by atoms with van der Waals surface area (Å²) in [5, 5.41) is 6.64. The number of anilines is 1. The van der Waals surface area contributed by atoms with Crippen LogP contribution in [0.25, 0.3) is 0 Å². The maximum atomic E-state index is 12.3. The molecule has 1 heterocycles. The number of unbranched alkanes of at least 4 members (excludes halogenated alkanes) is 2. The summed E-state index contributed by atoms with van der Waals surface area (Å²) in [5.74, 6) is -0.0913. The molecule has 0 aliphatic carbocycles. The van der Waals surface area contributed by atoms with Crippen LogP contribution < -0.4 is 10.6 Å². The molecule has 2 N–H and O–H groups in total. The second-order valence-corrected chi connectivity index (χ2v) is 7.55. The van der Waals surface area contributed by atoms with E-state index in [4.69, 9.17) is 0 Å². The van der Waals surface area contributed by atoms with Crippen LogP contribution in [0.3, 0.4) is 0 Å². The Morgan fingerprint density at radius 1 is 0.967 bits per heavy atom. The minimum Gasteiger partial charge on any atom is -0.378 e. The molecule has 0 aliphatic rings. The first-order valence-corrected chi connectivity index (χ1v) is 10.8. The maximum Gasteiger partial charge on any atom is 0.252 e. The van der Waals surface area contributed by atoms with Gasteiger partial charge in [-0.15, -0.1) is 0 Å². The summed E-state index contributed by atoms with van der Waals surface area (Å²) in [6, 6.07) is 22.8. The Kier molecular flexibility index (Phi) is 8.46. The molecule has 1 atom stereocenters. The van der Waals surface area contributed by atoms with Crippen LogP contribution in [-0.4, -0.2) is 17.4 Å². The molecular formula is C26H31N3O. The van der Waals surface area contributed by atoms with Crippen molar-refractivity contribution in [2.24, 2.45) is 0 Å². The molecule has 2 aromatic carbocycles. The van der Waals surface area contributed by atoms with Crippen LogP contribution in [0, 0.1) is 0 Å². The normalized spacial score (nSPS) is 11.6. The van der Waals surface area contributed by atoms with E-state index in [9.17, 15) is 4.79 Å². The number of aryl methyl sites for hydroxylation is 1. The van der Waals surface area contributed by atoms with Gasteiger partial charge in [0.1, 0.15) is 0 Å². The van der Waals surface area contributed by atoms with E-state index in [0.29, 0.717) is 12.1 Å². The SMILES string of the molecule is CCCCCc1ccc(NC(CCNC(=O)c2cccnc2)c2ccccc2)cc1. The molecule has 156 valence electrons. The van der Waals surface area contributed by atoms with Crippen molar-refractivity contribution in [2.75, 3.05) is 11.9 Å². The second-order valence-electron chi connectivity index (χ2n) is 7.55. The van der Waals surface area contributed by atoms with E-state index >= 15 is 0 Å². The highest BCUT2D eigenvalue weighted by Gasteiger charge is 2.12. The van der Waals surface area contributed by atoms with E-state index < -0.39 is 0 Å². The van der Waals surface area contributed by atoms with E-state index in [1.807, 2.05) is 6.07 Å². The lowest BCUT2D eigenvalue weighted by Crippen LogP contribution is -2.27. The highest BCUT2D eigenvalue weighted by molar-refractivity contribution is 5.93. The number of pyridine rings is 1. The summed E-state index contributed by atoms with van der Waals surface area (Å²) in [6.07, 6.45) is 8.94. The zero-order valence-electron chi connectivity index (χ0n) is 17.7. The summed E-state index contributed by atoms with van der Waals surface area (Å²) in [5.41, 5.74) is 4.27. The average Bonchev–Trinajstić information content (AvgIpc) is 2.80. The number of rotatable bonds is 11. The van der Waals surface area contributed by atoms with E-state index in [-0.39, 0.29) is 11.9 Å². The predicted octanol–water partition coefficient (Wildman–Crippen LogP) is 5.79. The van der Waals surface area contributed by atoms with Crippen molar-refractivity contribution in [3.63, 3.8) is 0 Å². The molecular weight excluding hydrogens is 370 g/mol. The van der Waals surface area contributed by atoms with E-state index in [0.717, 1.165) is 18.5 Å². The molecule has 0 bridgehead atoms. The van der Waals surface area contributed by atoms with Crippen LogP contribution in [0.5, 0.6) is 0 Å². The summed E-state index contributed by atoms with van der Waals surface area (Å²) >= 11 is 0. The van der Waals surface area contributed by atoms with Crippen molar-refractivity contribution in [2.45, 2.75) is 45.1 Å². The maximum absolute atomic E-state index is 12.3. The van der Waals surface area contributed by atoms with Gasteiger partial charge in [-0.3, -0.25) is 9.78 Å². The number of nitrogens with one attached hydrogen (secondary N) is 2. The second kappa shape index (κ2) is 11.8. The lowest BCUT2D eigenvalue weighted by atomic mass is 10.0. The first kappa shape index (κ1) is 21.6. The van der Waals surface area contributed by atoms with Crippen LogP contribution in [0.2, 0.25) is 0 Å². The minimum atomic E-state index is -0.0913. The third-order valence-corrected chi connectivity index (χ3v) is 5.21. The molecule has 0 saturated heterocycles. The van der Waals surface area contributed by atoms with Gasteiger partial charge >= 0.3 is 0 Å². The van der Waals surface area contributed by atoms with Gasteiger partial charge in [0.05, 0.1) is 11.6 Å². The van der Waals surface area contributed by atoms with Gasteiger partial charge in [0.2, 0.25) is 0 Å². The van der Waals surface area contributed by atoms with Crippen LogP contribution >= 0.6 is 0 Å². The van der Waals surface area contributed by atoms with Gasteiger partial charge in [0.25, 0.3) is 5.91 Å². The summed E-state index contributed by atoms with van der Waals surface area (Å²) in [6.45, 7) is 2.81. The molecule has 1 aromatic heterocycles. The zero-order chi connectivity index (χ0) is 21.0. The van der Waals surface area contributed by atoms with E-state index in [1.165, 1.54) is 30.4 Å². The number of carbonyl (C=O) groups is 1. The van der Waals surface area contributed by atoms with Crippen molar-refractivity contribution in [1.29, 1.82) is 0 Å². The van der Waals surface area contributed by atoms with Gasteiger partial charge < -0.3 is 10.6 Å². The first-order chi connectivity index (χ1) is 14.8. The number of aromatic nitrogens is 1. The van der Waals surface area contributed by atoms with Crippen LogP contribution in [0.15, 0.2) is 79.1 Å². The molecule has 4 nitrogen and oxygen atoms in total. The third kappa shape index (κ3) is 6.73. The quantitative estimate of drug-likeness (QED) is 0.400. The van der Waals surface area contributed by atoms with E-state index in [2.05, 4.69) is 71.1 Å². The molecule has 1 unspecified atom stereocenters. The standard InChI is InChI=1S/C26H31N3O/c1-2-3-5-9-21-13-15-24(16-14-21)29-25(22-10-6-4-7-11-22)17-19-28-26(30)23-12-8-18-27-20-23/h4,6-8,10-16,18,20,25,29H,2-3,5,9,17,19H2,1H3,(H,28,30). The lowest BCUT2D eigenvalue weighted by Gasteiger charge is -2.21. The molecule has 0 spiro atoms. The van der Waals surface area contributed by atoms with Gasteiger partial charge in [-0.1, -0.05) is 62.2 Å². The van der Waals surface area contributed by atoms with Crippen LogP contribution in [0.1, 0.15) is 60.1 Å². The third-order valence-electron chi connectivity index (χ3n) is 5.21. The average molecular weight is 402 g/mol. The van der Waals surface area contributed by atoms with Crippen molar-refractivity contribution in [3.05, 3.63) is 95.8 Å². The number of carbonyl (C=O) groups excluding carboxylic acids is 1. The number of amides is 1. The summed E-state index contributed by atoms with van der Waals surface area (Å²) in [7, 11) is 0. The fourth-order valence-corrected chi connectivity index (χ4v) is 3.48.